The summed E-state index contributed by atoms with van der Waals surface area (Å²) < 4.78 is 40.3. The highest BCUT2D eigenvalue weighted by Gasteiger charge is 2.36. The minimum Gasteiger partial charge on any atom is -0.493 e. The van der Waals surface area contributed by atoms with E-state index in [-0.39, 0.29) is 22.3 Å². The lowest BCUT2D eigenvalue weighted by molar-refractivity contribution is 0.173. The molecule has 1 aliphatic rings. The molecule has 0 amide bonds. The molecule has 1 saturated heterocycles. The number of imidazole rings is 1. The minimum absolute atomic E-state index is 0.0870. The molecule has 11 nitrogen and oxygen atoms in total. The van der Waals surface area contributed by atoms with Crippen LogP contribution in [0.5, 0.6) is 5.75 Å². The maximum Gasteiger partial charge on any atom is 0.277 e. The number of benzene rings is 1. The van der Waals surface area contributed by atoms with E-state index in [1.807, 2.05) is 13.8 Å². The normalized spacial score (nSPS) is 15.0. The number of fused-ring (bicyclic) bond motifs is 1. The molecule has 0 bridgehead atoms. The largest absolute Gasteiger partial charge is 0.493 e. The van der Waals surface area contributed by atoms with Crippen molar-refractivity contribution in [1.29, 1.82) is 0 Å². The van der Waals surface area contributed by atoms with E-state index in [9.17, 15) is 13.2 Å². The number of aromatic nitrogens is 4. The summed E-state index contributed by atoms with van der Waals surface area (Å²) in [6.07, 6.45) is 1.50. The highest BCUT2D eigenvalue weighted by Crippen LogP contribution is 2.32. The van der Waals surface area contributed by atoms with Crippen molar-refractivity contribution >= 4 is 15.5 Å². The monoisotopic (exact) mass is 504 g/mol. The molecule has 1 fully saturated rings. The van der Waals surface area contributed by atoms with Crippen molar-refractivity contribution in [2.24, 2.45) is 0 Å². The van der Waals surface area contributed by atoms with Gasteiger partial charge in [-0.3, -0.25) is 4.79 Å². The molecule has 190 valence electrons. The van der Waals surface area contributed by atoms with Crippen molar-refractivity contribution in [1.82, 2.24) is 29.2 Å². The van der Waals surface area contributed by atoms with Crippen LogP contribution in [-0.4, -0.2) is 78.3 Å². The van der Waals surface area contributed by atoms with Crippen LogP contribution in [0.1, 0.15) is 31.8 Å². The average Bonchev–Trinajstić information content (AvgIpc) is 3.11. The second kappa shape index (κ2) is 10.4. The smallest absolute Gasteiger partial charge is 0.277 e. The first-order chi connectivity index (χ1) is 16.8. The molecule has 0 aliphatic carbocycles. The van der Waals surface area contributed by atoms with Crippen molar-refractivity contribution in [3.63, 3.8) is 0 Å². The summed E-state index contributed by atoms with van der Waals surface area (Å²) in [4.78, 5) is 20.3. The van der Waals surface area contributed by atoms with Crippen molar-refractivity contribution in [2.45, 2.75) is 44.6 Å². The first kappa shape index (κ1) is 25.3. The second-order valence-electron chi connectivity index (χ2n) is 8.48. The first-order valence-electron chi connectivity index (χ1n) is 11.8. The maximum absolute atomic E-state index is 13.3. The van der Waals surface area contributed by atoms with E-state index in [0.717, 1.165) is 6.42 Å². The molecule has 2 N–H and O–H groups in total. The predicted octanol–water partition coefficient (Wildman–Crippen LogP) is 1.35. The molecule has 3 aromatic rings. The summed E-state index contributed by atoms with van der Waals surface area (Å²) in [5.74, 6) is 1.34. The molecule has 1 aliphatic heterocycles. The fourth-order valence-electron chi connectivity index (χ4n) is 4.16. The molecule has 0 saturated carbocycles. The Hall–Kier alpha value is -2.80. The number of aromatic amines is 1. The van der Waals surface area contributed by atoms with Crippen LogP contribution < -0.4 is 15.6 Å². The van der Waals surface area contributed by atoms with Crippen LogP contribution >= 0.6 is 0 Å². The summed E-state index contributed by atoms with van der Waals surface area (Å²) in [5, 5.41) is 7.90. The lowest BCUT2D eigenvalue weighted by Crippen LogP contribution is -2.60. The Kier molecular flexibility index (Phi) is 7.55. The molecule has 3 heterocycles. The van der Waals surface area contributed by atoms with Gasteiger partial charge in [-0.25, -0.2) is 17.9 Å². The molecule has 0 unspecified atom stereocenters. The van der Waals surface area contributed by atoms with Crippen LogP contribution in [0.4, 0.5) is 0 Å². The zero-order valence-corrected chi connectivity index (χ0v) is 21.3. The lowest BCUT2D eigenvalue weighted by atomic mass is 10.2. The summed E-state index contributed by atoms with van der Waals surface area (Å²) >= 11 is 0. The first-order valence-corrected chi connectivity index (χ1v) is 13.2. The average molecular weight is 505 g/mol. The van der Waals surface area contributed by atoms with Crippen LogP contribution in [0.15, 0.2) is 27.9 Å². The van der Waals surface area contributed by atoms with Gasteiger partial charge in [-0.2, -0.15) is 4.31 Å². The molecule has 4 rings (SSSR count). The topological polar surface area (TPSA) is 131 Å². The zero-order chi connectivity index (χ0) is 25.2. The van der Waals surface area contributed by atoms with E-state index in [0.29, 0.717) is 67.6 Å². The van der Waals surface area contributed by atoms with Crippen LogP contribution in [-0.2, 0) is 21.2 Å². The Labute approximate surface area is 204 Å². The SMILES string of the molecule is CCCc1nc(C)c2c(=O)[nH]c(-c3cc(S(=O)(=O)N4CC(NCCOC)C4)ccc3OCC)nn12. The molecule has 0 spiro atoms. The van der Waals surface area contributed by atoms with Gasteiger partial charge in [0.15, 0.2) is 11.3 Å². The van der Waals surface area contributed by atoms with E-state index >= 15 is 0 Å². The molecule has 35 heavy (non-hydrogen) atoms. The van der Waals surface area contributed by atoms with E-state index in [4.69, 9.17) is 9.47 Å². The van der Waals surface area contributed by atoms with Gasteiger partial charge in [0.05, 0.1) is 29.4 Å². The Morgan fingerprint density at radius 1 is 1.26 bits per heavy atom. The number of H-pyrrole nitrogens is 1. The molecule has 2 aromatic heterocycles. The summed E-state index contributed by atoms with van der Waals surface area (Å²) in [5.41, 5.74) is 1.04. The van der Waals surface area contributed by atoms with Crippen LogP contribution in [0.25, 0.3) is 16.9 Å². The quantitative estimate of drug-likeness (QED) is 0.374. The van der Waals surface area contributed by atoms with E-state index in [1.165, 1.54) is 16.4 Å². The van der Waals surface area contributed by atoms with Crippen LogP contribution in [0.2, 0.25) is 0 Å². The Morgan fingerprint density at radius 3 is 2.71 bits per heavy atom. The van der Waals surface area contributed by atoms with Gasteiger partial charge in [0.2, 0.25) is 10.0 Å². The lowest BCUT2D eigenvalue weighted by Gasteiger charge is -2.38. The summed E-state index contributed by atoms with van der Waals surface area (Å²) in [6, 6.07) is 4.73. The highest BCUT2D eigenvalue weighted by atomic mass is 32.2. The standard InChI is InChI=1S/C23H32N6O5S/c1-5-7-20-25-15(3)21-23(30)26-22(27-29(20)21)18-12-17(8-9-19(18)34-6-2)35(31,32)28-13-16(14-28)24-10-11-33-4/h8-9,12,16,24H,5-7,10-11,13-14H2,1-4H3,(H,26,27,30). The fourth-order valence-corrected chi connectivity index (χ4v) is 5.71. The van der Waals surface area contributed by atoms with Crippen molar-refractivity contribution < 1.29 is 17.9 Å². The second-order valence-corrected chi connectivity index (χ2v) is 10.4. The van der Waals surface area contributed by atoms with Gasteiger partial charge in [-0.15, -0.1) is 5.10 Å². The number of hydrogen-bond donors (Lipinski definition) is 2. The maximum atomic E-state index is 13.3. The molecular formula is C23H32N6O5S. The van der Waals surface area contributed by atoms with Gasteiger partial charge in [0.1, 0.15) is 11.6 Å². The van der Waals surface area contributed by atoms with Crippen molar-refractivity contribution in [2.75, 3.05) is 40.0 Å². The third-order valence-electron chi connectivity index (χ3n) is 5.95. The number of ether oxygens (including phenoxy) is 2. The highest BCUT2D eigenvalue weighted by molar-refractivity contribution is 7.89. The number of nitrogens with one attached hydrogen (secondary N) is 2. The third kappa shape index (κ3) is 4.96. The van der Waals surface area contributed by atoms with E-state index < -0.39 is 10.0 Å². The Morgan fingerprint density at radius 2 is 2.03 bits per heavy atom. The summed E-state index contributed by atoms with van der Waals surface area (Å²) in [7, 11) is -2.10. The predicted molar refractivity (Wildman–Crippen MR) is 131 cm³/mol. The van der Waals surface area contributed by atoms with Gasteiger partial charge >= 0.3 is 0 Å². The molecule has 12 heteroatoms. The molecular weight excluding hydrogens is 472 g/mol. The van der Waals surface area contributed by atoms with Gasteiger partial charge in [-0.05, 0) is 38.5 Å². The van der Waals surface area contributed by atoms with Crippen LogP contribution in [0.3, 0.4) is 0 Å². The third-order valence-corrected chi connectivity index (χ3v) is 7.78. The number of hydrogen-bond acceptors (Lipinski definition) is 8. The van der Waals surface area contributed by atoms with E-state index in [1.54, 1.807) is 24.6 Å². The van der Waals surface area contributed by atoms with Crippen molar-refractivity contribution in [3.8, 4) is 17.1 Å². The number of rotatable bonds is 11. The van der Waals surface area contributed by atoms with Gasteiger partial charge in [-0.1, -0.05) is 6.92 Å². The Bertz CT molecular complexity index is 1360. The number of methoxy groups -OCH3 is 1. The number of sulfonamides is 1. The molecule has 0 atom stereocenters. The number of aryl methyl sites for hydroxylation is 2. The molecule has 0 radical (unpaired) electrons. The van der Waals surface area contributed by atoms with Crippen molar-refractivity contribution in [3.05, 3.63) is 40.1 Å². The van der Waals surface area contributed by atoms with Gasteiger partial charge < -0.3 is 19.8 Å². The Balaban J connectivity index is 1.71. The van der Waals surface area contributed by atoms with Gasteiger partial charge in [0, 0.05) is 39.2 Å². The van der Waals surface area contributed by atoms with E-state index in [2.05, 4.69) is 20.4 Å². The minimum atomic E-state index is -3.73. The molecule has 1 aromatic carbocycles. The summed E-state index contributed by atoms with van der Waals surface area (Å²) in [6.45, 7) is 8.00. The van der Waals surface area contributed by atoms with Crippen LogP contribution in [0, 0.1) is 6.92 Å². The fraction of sp³-hybridized carbons (Fsp3) is 0.522. The number of nitrogens with zero attached hydrogens (tertiary/aromatic N) is 4. The zero-order valence-electron chi connectivity index (χ0n) is 20.5. The van der Waals surface area contributed by atoms with Gasteiger partial charge in [0.25, 0.3) is 5.56 Å².